The largest absolute Gasteiger partial charge is 0.361 e. The van der Waals surface area contributed by atoms with Crippen LogP contribution in [0.4, 0.5) is 0 Å². The monoisotopic (exact) mass is 308 g/mol. The summed E-state index contributed by atoms with van der Waals surface area (Å²) in [6.07, 6.45) is 0. The van der Waals surface area contributed by atoms with Crippen LogP contribution in [0.25, 0.3) is 0 Å². The van der Waals surface area contributed by atoms with Crippen molar-refractivity contribution in [3.05, 3.63) is 51.3 Å². The van der Waals surface area contributed by atoms with Gasteiger partial charge in [-0.15, -0.1) is 0 Å². The zero-order valence-electron chi connectivity index (χ0n) is 10.8. The molecule has 1 atom stereocenters. The maximum absolute atomic E-state index is 5.19. The molecule has 96 valence electrons. The predicted molar refractivity (Wildman–Crippen MR) is 75.4 cm³/mol. The quantitative estimate of drug-likeness (QED) is 0.930. The van der Waals surface area contributed by atoms with Crippen LogP contribution in [0.3, 0.4) is 0 Å². The molecule has 0 aliphatic rings. The lowest BCUT2D eigenvalue weighted by Crippen LogP contribution is -2.19. The van der Waals surface area contributed by atoms with Crippen LogP contribution in [0.5, 0.6) is 0 Å². The van der Waals surface area contributed by atoms with Gasteiger partial charge in [-0.1, -0.05) is 33.2 Å². The average Bonchev–Trinajstić information content (AvgIpc) is 2.68. The Bertz CT molecular complexity index is 500. The molecule has 4 heteroatoms. The van der Waals surface area contributed by atoms with Gasteiger partial charge in [-0.2, -0.15) is 0 Å². The second-order valence-electron chi connectivity index (χ2n) is 4.47. The number of aryl methyl sites for hydroxylation is 2. The first kappa shape index (κ1) is 13.3. The molecule has 0 saturated heterocycles. The number of nitrogens with zero attached hydrogens (tertiary/aromatic N) is 1. The first-order chi connectivity index (χ1) is 8.58. The smallest absolute Gasteiger partial charge is 0.138 e. The third-order valence-corrected chi connectivity index (χ3v) is 3.58. The summed E-state index contributed by atoms with van der Waals surface area (Å²) in [7, 11) is 0. The van der Waals surface area contributed by atoms with Gasteiger partial charge >= 0.3 is 0 Å². The van der Waals surface area contributed by atoms with Crippen molar-refractivity contribution in [3.8, 4) is 0 Å². The van der Waals surface area contributed by atoms with E-state index < -0.39 is 0 Å². The Kier molecular flexibility index (Phi) is 4.19. The first-order valence-corrected chi connectivity index (χ1v) is 6.78. The van der Waals surface area contributed by atoms with Crippen LogP contribution in [0.15, 0.2) is 33.3 Å². The van der Waals surface area contributed by atoms with Gasteiger partial charge in [0.2, 0.25) is 0 Å². The molecule has 0 fully saturated rings. The normalized spacial score (nSPS) is 12.7. The average molecular weight is 309 g/mol. The molecule has 1 N–H and O–H groups in total. The molecule has 0 aliphatic carbocycles. The van der Waals surface area contributed by atoms with Crippen molar-refractivity contribution < 1.29 is 4.52 Å². The standard InChI is InChI=1S/C14H17BrN2O/c1-9(14-10(2)17-18-11(14)3)16-8-12-4-6-13(15)7-5-12/h4-7,9,16H,8H2,1-3H3. The third kappa shape index (κ3) is 3.00. The molecule has 2 aromatic rings. The minimum atomic E-state index is 0.236. The van der Waals surface area contributed by atoms with Gasteiger partial charge < -0.3 is 9.84 Å². The second kappa shape index (κ2) is 5.67. The summed E-state index contributed by atoms with van der Waals surface area (Å²) in [4.78, 5) is 0. The number of nitrogens with one attached hydrogen (secondary N) is 1. The summed E-state index contributed by atoms with van der Waals surface area (Å²) in [6.45, 7) is 6.89. The number of rotatable bonds is 4. The van der Waals surface area contributed by atoms with E-state index >= 15 is 0 Å². The van der Waals surface area contributed by atoms with Crippen LogP contribution in [0.1, 0.15) is 35.5 Å². The summed E-state index contributed by atoms with van der Waals surface area (Å²) >= 11 is 3.43. The molecule has 18 heavy (non-hydrogen) atoms. The fourth-order valence-corrected chi connectivity index (χ4v) is 2.35. The molecule has 0 amide bonds. The molecule has 1 aromatic carbocycles. The van der Waals surface area contributed by atoms with E-state index in [1.807, 2.05) is 13.8 Å². The molecule has 0 saturated carbocycles. The highest BCUT2D eigenvalue weighted by molar-refractivity contribution is 9.10. The topological polar surface area (TPSA) is 38.1 Å². The zero-order chi connectivity index (χ0) is 13.1. The lowest BCUT2D eigenvalue weighted by atomic mass is 10.1. The van der Waals surface area contributed by atoms with Gasteiger partial charge in [-0.05, 0) is 38.5 Å². The summed E-state index contributed by atoms with van der Waals surface area (Å²) < 4.78 is 6.29. The maximum Gasteiger partial charge on any atom is 0.138 e. The van der Waals surface area contributed by atoms with E-state index in [1.165, 1.54) is 5.56 Å². The lowest BCUT2D eigenvalue weighted by Gasteiger charge is -2.13. The number of benzene rings is 1. The van der Waals surface area contributed by atoms with Crippen molar-refractivity contribution in [2.45, 2.75) is 33.4 Å². The molecule has 2 rings (SSSR count). The van der Waals surface area contributed by atoms with Crippen molar-refractivity contribution in [3.63, 3.8) is 0 Å². The van der Waals surface area contributed by atoms with Crippen molar-refractivity contribution in [1.82, 2.24) is 10.5 Å². The molecule has 3 nitrogen and oxygen atoms in total. The van der Waals surface area contributed by atoms with E-state index in [0.717, 1.165) is 28.0 Å². The number of hydrogen-bond donors (Lipinski definition) is 1. The van der Waals surface area contributed by atoms with Gasteiger partial charge in [-0.25, -0.2) is 0 Å². The lowest BCUT2D eigenvalue weighted by molar-refractivity contribution is 0.390. The van der Waals surface area contributed by atoms with E-state index in [4.69, 9.17) is 4.52 Å². The van der Waals surface area contributed by atoms with Crippen molar-refractivity contribution >= 4 is 15.9 Å². The Balaban J connectivity index is 2.00. The maximum atomic E-state index is 5.19. The highest BCUT2D eigenvalue weighted by Gasteiger charge is 2.15. The van der Waals surface area contributed by atoms with Crippen LogP contribution < -0.4 is 5.32 Å². The minimum Gasteiger partial charge on any atom is -0.361 e. The van der Waals surface area contributed by atoms with Crippen LogP contribution in [0, 0.1) is 13.8 Å². The highest BCUT2D eigenvalue weighted by Crippen LogP contribution is 2.21. The Morgan fingerprint density at radius 3 is 2.50 bits per heavy atom. The molecular weight excluding hydrogens is 292 g/mol. The molecule has 1 unspecified atom stereocenters. The van der Waals surface area contributed by atoms with Crippen molar-refractivity contribution in [2.24, 2.45) is 0 Å². The molecule has 0 bridgehead atoms. The minimum absolute atomic E-state index is 0.236. The summed E-state index contributed by atoms with van der Waals surface area (Å²) in [5, 5.41) is 7.47. The molecular formula is C14H17BrN2O. The van der Waals surface area contributed by atoms with Crippen molar-refractivity contribution in [1.29, 1.82) is 0 Å². The van der Waals surface area contributed by atoms with E-state index in [0.29, 0.717) is 0 Å². The van der Waals surface area contributed by atoms with E-state index in [2.05, 4.69) is 57.6 Å². The van der Waals surface area contributed by atoms with E-state index in [-0.39, 0.29) is 6.04 Å². The van der Waals surface area contributed by atoms with Crippen LogP contribution in [-0.4, -0.2) is 5.16 Å². The van der Waals surface area contributed by atoms with Crippen LogP contribution >= 0.6 is 15.9 Å². The Hall–Kier alpha value is -1.13. The molecule has 0 aliphatic heterocycles. The second-order valence-corrected chi connectivity index (χ2v) is 5.38. The molecule has 0 spiro atoms. The Morgan fingerprint density at radius 1 is 1.28 bits per heavy atom. The number of hydrogen-bond acceptors (Lipinski definition) is 3. The zero-order valence-corrected chi connectivity index (χ0v) is 12.4. The Morgan fingerprint density at radius 2 is 1.94 bits per heavy atom. The van der Waals surface area contributed by atoms with Gasteiger partial charge in [0.1, 0.15) is 5.76 Å². The first-order valence-electron chi connectivity index (χ1n) is 5.98. The fourth-order valence-electron chi connectivity index (χ4n) is 2.08. The number of halogens is 1. The van der Waals surface area contributed by atoms with E-state index in [1.54, 1.807) is 0 Å². The van der Waals surface area contributed by atoms with Crippen LogP contribution in [-0.2, 0) is 6.54 Å². The summed E-state index contributed by atoms with van der Waals surface area (Å²) in [6, 6.07) is 8.56. The number of aromatic nitrogens is 1. The SMILES string of the molecule is Cc1noc(C)c1C(C)NCc1ccc(Br)cc1. The van der Waals surface area contributed by atoms with E-state index in [9.17, 15) is 0 Å². The molecule has 0 radical (unpaired) electrons. The van der Waals surface area contributed by atoms with Gasteiger partial charge in [0.05, 0.1) is 5.69 Å². The fraction of sp³-hybridized carbons (Fsp3) is 0.357. The van der Waals surface area contributed by atoms with Gasteiger partial charge in [-0.3, -0.25) is 0 Å². The predicted octanol–water partition coefficient (Wildman–Crippen LogP) is 3.90. The highest BCUT2D eigenvalue weighted by atomic mass is 79.9. The van der Waals surface area contributed by atoms with Crippen molar-refractivity contribution in [2.75, 3.05) is 0 Å². The van der Waals surface area contributed by atoms with Gasteiger partial charge in [0.25, 0.3) is 0 Å². The van der Waals surface area contributed by atoms with Gasteiger partial charge in [0.15, 0.2) is 0 Å². The molecule has 1 heterocycles. The third-order valence-electron chi connectivity index (χ3n) is 3.05. The Labute approximate surface area is 116 Å². The van der Waals surface area contributed by atoms with Crippen LogP contribution in [0.2, 0.25) is 0 Å². The summed E-state index contributed by atoms with van der Waals surface area (Å²) in [5.41, 5.74) is 3.38. The molecule has 1 aromatic heterocycles. The van der Waals surface area contributed by atoms with Gasteiger partial charge in [0, 0.05) is 22.6 Å². The summed E-state index contributed by atoms with van der Waals surface area (Å²) in [5.74, 6) is 0.892.